The van der Waals surface area contributed by atoms with E-state index in [4.69, 9.17) is 4.74 Å². The highest BCUT2D eigenvalue weighted by molar-refractivity contribution is 5.10. The number of rotatable bonds is 3. The standard InChI is InChI=1S/C14H23N3O/c1-18-14-4-2-3-12(14)17-10-16-9-13(17)11-5-7-15-8-6-11/h9-12,14-15H,2-8H2,1H3. The summed E-state index contributed by atoms with van der Waals surface area (Å²) in [6, 6.07) is 0.502. The second kappa shape index (κ2) is 5.41. The van der Waals surface area contributed by atoms with Gasteiger partial charge in [0.25, 0.3) is 0 Å². The minimum absolute atomic E-state index is 0.375. The normalized spacial score (nSPS) is 29.8. The number of hydrogen-bond donors (Lipinski definition) is 1. The third kappa shape index (κ3) is 2.19. The van der Waals surface area contributed by atoms with Crippen LogP contribution in [0.3, 0.4) is 0 Å². The molecule has 0 spiro atoms. The molecule has 2 unspecified atom stereocenters. The lowest BCUT2D eigenvalue weighted by Crippen LogP contribution is -2.29. The van der Waals surface area contributed by atoms with Crippen molar-refractivity contribution in [2.24, 2.45) is 0 Å². The maximum atomic E-state index is 5.63. The van der Waals surface area contributed by atoms with Crippen LogP contribution in [-0.4, -0.2) is 35.9 Å². The number of hydrogen-bond acceptors (Lipinski definition) is 3. The van der Waals surface area contributed by atoms with Crippen molar-refractivity contribution < 1.29 is 4.74 Å². The highest BCUT2D eigenvalue weighted by atomic mass is 16.5. The second-order valence-electron chi connectivity index (χ2n) is 5.52. The van der Waals surface area contributed by atoms with Crippen LogP contribution in [-0.2, 0) is 4.74 Å². The number of aromatic nitrogens is 2. The van der Waals surface area contributed by atoms with E-state index in [1.807, 2.05) is 13.4 Å². The molecule has 2 atom stereocenters. The summed E-state index contributed by atoms with van der Waals surface area (Å²) in [6.07, 6.45) is 10.6. The molecule has 1 saturated heterocycles. The topological polar surface area (TPSA) is 39.1 Å². The van der Waals surface area contributed by atoms with Crippen LogP contribution in [0.5, 0.6) is 0 Å². The lowest BCUT2D eigenvalue weighted by molar-refractivity contribution is 0.0735. The fraction of sp³-hybridized carbons (Fsp3) is 0.786. The molecule has 2 heterocycles. The molecule has 2 aliphatic rings. The minimum atomic E-state index is 0.375. The van der Waals surface area contributed by atoms with Crippen molar-refractivity contribution in [2.45, 2.75) is 50.2 Å². The predicted octanol–water partition coefficient (Wildman–Crippen LogP) is 2.09. The van der Waals surface area contributed by atoms with Crippen LogP contribution in [0.1, 0.15) is 49.8 Å². The number of methoxy groups -OCH3 is 1. The number of piperidine rings is 1. The van der Waals surface area contributed by atoms with Gasteiger partial charge in [-0.1, -0.05) is 0 Å². The zero-order valence-electron chi connectivity index (χ0n) is 11.1. The Labute approximate surface area is 109 Å². The molecule has 1 aliphatic carbocycles. The van der Waals surface area contributed by atoms with Crippen molar-refractivity contribution in [2.75, 3.05) is 20.2 Å². The van der Waals surface area contributed by atoms with E-state index < -0.39 is 0 Å². The van der Waals surface area contributed by atoms with E-state index in [-0.39, 0.29) is 0 Å². The Morgan fingerprint density at radius 2 is 2.11 bits per heavy atom. The summed E-state index contributed by atoms with van der Waals surface area (Å²) in [5.41, 5.74) is 1.42. The van der Waals surface area contributed by atoms with Gasteiger partial charge in [0.1, 0.15) is 0 Å². The highest BCUT2D eigenvalue weighted by Crippen LogP contribution is 2.35. The Hall–Kier alpha value is -0.870. The summed E-state index contributed by atoms with van der Waals surface area (Å²) in [6.45, 7) is 2.27. The van der Waals surface area contributed by atoms with E-state index in [9.17, 15) is 0 Å². The summed E-state index contributed by atoms with van der Waals surface area (Å²) < 4.78 is 8.03. The number of nitrogens with zero attached hydrogens (tertiary/aromatic N) is 2. The van der Waals surface area contributed by atoms with Crippen LogP contribution in [0.15, 0.2) is 12.5 Å². The van der Waals surface area contributed by atoms with E-state index in [0.717, 1.165) is 13.1 Å². The van der Waals surface area contributed by atoms with Crippen LogP contribution < -0.4 is 5.32 Å². The van der Waals surface area contributed by atoms with Gasteiger partial charge in [0.15, 0.2) is 0 Å². The monoisotopic (exact) mass is 249 g/mol. The summed E-state index contributed by atoms with van der Waals surface area (Å²) in [7, 11) is 1.84. The van der Waals surface area contributed by atoms with E-state index in [1.54, 1.807) is 0 Å². The molecule has 1 aromatic rings. The lowest BCUT2D eigenvalue weighted by Gasteiger charge is -2.27. The number of nitrogens with one attached hydrogen (secondary N) is 1. The average Bonchev–Trinajstić information content (AvgIpc) is 3.07. The van der Waals surface area contributed by atoms with E-state index in [1.165, 1.54) is 37.8 Å². The molecule has 1 N–H and O–H groups in total. The third-order valence-electron chi connectivity index (χ3n) is 4.53. The quantitative estimate of drug-likeness (QED) is 0.891. The SMILES string of the molecule is COC1CCCC1n1cncc1C1CCNCC1. The summed E-state index contributed by atoms with van der Waals surface area (Å²) in [5.74, 6) is 0.673. The maximum absolute atomic E-state index is 5.63. The van der Waals surface area contributed by atoms with Crippen molar-refractivity contribution >= 4 is 0 Å². The molecule has 0 aromatic carbocycles. The maximum Gasteiger partial charge on any atom is 0.0951 e. The van der Waals surface area contributed by atoms with E-state index in [0.29, 0.717) is 18.1 Å². The second-order valence-corrected chi connectivity index (χ2v) is 5.52. The van der Waals surface area contributed by atoms with Crippen LogP contribution >= 0.6 is 0 Å². The molecule has 0 radical (unpaired) electrons. The van der Waals surface area contributed by atoms with Gasteiger partial charge in [-0.15, -0.1) is 0 Å². The predicted molar refractivity (Wildman–Crippen MR) is 70.8 cm³/mol. The molecule has 2 fully saturated rings. The Morgan fingerprint density at radius 1 is 1.28 bits per heavy atom. The third-order valence-corrected chi connectivity index (χ3v) is 4.53. The number of ether oxygens (including phenoxy) is 1. The molecule has 18 heavy (non-hydrogen) atoms. The first-order valence-electron chi connectivity index (χ1n) is 7.15. The van der Waals surface area contributed by atoms with Crippen molar-refractivity contribution in [3.05, 3.63) is 18.2 Å². The fourth-order valence-corrected chi connectivity index (χ4v) is 3.53. The van der Waals surface area contributed by atoms with Crippen LogP contribution in [0.4, 0.5) is 0 Å². The van der Waals surface area contributed by atoms with Gasteiger partial charge < -0.3 is 14.6 Å². The Balaban J connectivity index is 1.81. The van der Waals surface area contributed by atoms with Gasteiger partial charge in [-0.2, -0.15) is 0 Å². The van der Waals surface area contributed by atoms with Gasteiger partial charge in [-0.25, -0.2) is 4.98 Å². The Kier molecular flexibility index (Phi) is 3.66. The molecular weight excluding hydrogens is 226 g/mol. The van der Waals surface area contributed by atoms with Crippen molar-refractivity contribution in [3.63, 3.8) is 0 Å². The van der Waals surface area contributed by atoms with Gasteiger partial charge in [0.2, 0.25) is 0 Å². The first-order chi connectivity index (χ1) is 8.90. The number of imidazole rings is 1. The zero-order chi connectivity index (χ0) is 12.4. The van der Waals surface area contributed by atoms with Gasteiger partial charge >= 0.3 is 0 Å². The average molecular weight is 249 g/mol. The van der Waals surface area contributed by atoms with Crippen LogP contribution in [0, 0.1) is 0 Å². The van der Waals surface area contributed by atoms with Crippen molar-refractivity contribution in [3.8, 4) is 0 Å². The first-order valence-corrected chi connectivity index (χ1v) is 7.15. The molecule has 0 bridgehead atoms. The summed E-state index contributed by atoms with van der Waals surface area (Å²) >= 11 is 0. The van der Waals surface area contributed by atoms with Crippen molar-refractivity contribution in [1.29, 1.82) is 0 Å². The van der Waals surface area contributed by atoms with Crippen molar-refractivity contribution in [1.82, 2.24) is 14.9 Å². The summed E-state index contributed by atoms with van der Waals surface area (Å²) in [4.78, 5) is 4.40. The smallest absolute Gasteiger partial charge is 0.0951 e. The fourth-order valence-electron chi connectivity index (χ4n) is 3.53. The van der Waals surface area contributed by atoms with Gasteiger partial charge in [0, 0.05) is 24.9 Å². The molecule has 100 valence electrons. The van der Waals surface area contributed by atoms with Gasteiger partial charge in [-0.3, -0.25) is 0 Å². The molecule has 3 rings (SSSR count). The zero-order valence-corrected chi connectivity index (χ0v) is 11.1. The lowest BCUT2D eigenvalue weighted by atomic mass is 9.94. The van der Waals surface area contributed by atoms with Gasteiger partial charge in [-0.05, 0) is 45.2 Å². The molecule has 4 heteroatoms. The Bertz CT molecular complexity index is 384. The van der Waals surface area contributed by atoms with Crippen LogP contribution in [0.25, 0.3) is 0 Å². The van der Waals surface area contributed by atoms with Crippen LogP contribution in [0.2, 0.25) is 0 Å². The summed E-state index contributed by atoms with van der Waals surface area (Å²) in [5, 5.41) is 3.43. The first kappa shape index (κ1) is 12.2. The van der Waals surface area contributed by atoms with E-state index in [2.05, 4.69) is 21.1 Å². The molecule has 1 saturated carbocycles. The van der Waals surface area contributed by atoms with E-state index >= 15 is 0 Å². The molecule has 1 aromatic heterocycles. The molecule has 0 amide bonds. The minimum Gasteiger partial charge on any atom is -0.379 e. The molecular formula is C14H23N3O. The largest absolute Gasteiger partial charge is 0.379 e. The molecule has 1 aliphatic heterocycles. The highest BCUT2D eigenvalue weighted by Gasteiger charge is 2.31. The Morgan fingerprint density at radius 3 is 2.89 bits per heavy atom. The molecule has 4 nitrogen and oxygen atoms in total. The van der Waals surface area contributed by atoms with Gasteiger partial charge in [0.05, 0.1) is 18.5 Å².